The molecule has 1 rings (SSSR count). The van der Waals surface area contributed by atoms with E-state index in [2.05, 4.69) is 30.0 Å². The highest BCUT2D eigenvalue weighted by Gasteiger charge is 2.32. The Labute approximate surface area is 101 Å². The molecule has 16 heavy (non-hydrogen) atoms. The van der Waals surface area contributed by atoms with Gasteiger partial charge < -0.3 is 5.32 Å². The van der Waals surface area contributed by atoms with E-state index in [9.17, 15) is 0 Å². The van der Waals surface area contributed by atoms with Gasteiger partial charge in [0.25, 0.3) is 0 Å². The van der Waals surface area contributed by atoms with Crippen LogP contribution in [0.25, 0.3) is 0 Å². The first-order chi connectivity index (χ1) is 7.76. The van der Waals surface area contributed by atoms with Crippen LogP contribution >= 0.6 is 0 Å². The summed E-state index contributed by atoms with van der Waals surface area (Å²) in [7, 11) is 0. The molecular formula is C14H26N2. The predicted octanol–water partition coefficient (Wildman–Crippen LogP) is 2.11. The highest BCUT2D eigenvalue weighted by Crippen LogP contribution is 2.34. The van der Waals surface area contributed by atoms with Crippen LogP contribution in [0.3, 0.4) is 0 Å². The fourth-order valence-corrected chi connectivity index (χ4v) is 2.86. The number of nitrogens with zero attached hydrogens (tertiary/aromatic N) is 1. The average Bonchev–Trinajstić information content (AvgIpc) is 2.30. The van der Waals surface area contributed by atoms with Crippen molar-refractivity contribution in [1.82, 2.24) is 10.2 Å². The van der Waals surface area contributed by atoms with E-state index < -0.39 is 0 Å². The first-order valence-electron chi connectivity index (χ1n) is 6.63. The summed E-state index contributed by atoms with van der Waals surface area (Å²) in [6.07, 6.45) is 10.7. The van der Waals surface area contributed by atoms with Gasteiger partial charge in [-0.1, -0.05) is 26.2 Å². The monoisotopic (exact) mass is 222 g/mol. The van der Waals surface area contributed by atoms with Gasteiger partial charge in [-0.15, -0.1) is 6.42 Å². The second-order valence-electron chi connectivity index (χ2n) is 5.01. The van der Waals surface area contributed by atoms with Crippen molar-refractivity contribution in [2.24, 2.45) is 5.41 Å². The Bertz CT molecular complexity index is 218. The molecule has 1 fully saturated rings. The van der Waals surface area contributed by atoms with Crippen molar-refractivity contribution >= 4 is 0 Å². The van der Waals surface area contributed by atoms with Crippen LogP contribution in [0.2, 0.25) is 0 Å². The molecule has 0 aromatic heterocycles. The Morgan fingerprint density at radius 2 is 2.00 bits per heavy atom. The molecule has 1 saturated heterocycles. The van der Waals surface area contributed by atoms with Crippen LogP contribution in [0.15, 0.2) is 0 Å². The van der Waals surface area contributed by atoms with Crippen molar-refractivity contribution in [2.75, 3.05) is 32.7 Å². The molecule has 92 valence electrons. The van der Waals surface area contributed by atoms with Gasteiger partial charge in [0.1, 0.15) is 0 Å². The number of hydrogen-bond acceptors (Lipinski definition) is 2. The third kappa shape index (κ3) is 3.81. The summed E-state index contributed by atoms with van der Waals surface area (Å²) >= 11 is 0. The molecule has 0 radical (unpaired) electrons. The minimum Gasteiger partial charge on any atom is -0.317 e. The molecular weight excluding hydrogens is 196 g/mol. The Kier molecular flexibility index (Phi) is 5.87. The lowest BCUT2D eigenvalue weighted by atomic mass is 9.75. The van der Waals surface area contributed by atoms with Gasteiger partial charge in [0.05, 0.1) is 6.54 Å². The summed E-state index contributed by atoms with van der Waals surface area (Å²) < 4.78 is 0. The Morgan fingerprint density at radius 1 is 1.31 bits per heavy atom. The number of piperidine rings is 1. The maximum atomic E-state index is 5.42. The summed E-state index contributed by atoms with van der Waals surface area (Å²) in [6.45, 7) is 9.90. The maximum Gasteiger partial charge on any atom is 0.0599 e. The van der Waals surface area contributed by atoms with Crippen molar-refractivity contribution in [3.05, 3.63) is 0 Å². The van der Waals surface area contributed by atoms with E-state index in [1.54, 1.807) is 0 Å². The van der Waals surface area contributed by atoms with Crippen molar-refractivity contribution < 1.29 is 0 Å². The van der Waals surface area contributed by atoms with Crippen LogP contribution in [-0.4, -0.2) is 37.6 Å². The molecule has 1 N–H and O–H groups in total. The zero-order chi connectivity index (χ0) is 11.9. The van der Waals surface area contributed by atoms with Crippen LogP contribution < -0.4 is 5.32 Å². The van der Waals surface area contributed by atoms with E-state index in [-0.39, 0.29) is 0 Å². The molecule has 0 amide bonds. The maximum absolute atomic E-state index is 5.42. The number of hydrogen-bond donors (Lipinski definition) is 1. The van der Waals surface area contributed by atoms with Gasteiger partial charge in [-0.3, -0.25) is 4.90 Å². The van der Waals surface area contributed by atoms with Gasteiger partial charge in [0.15, 0.2) is 0 Å². The van der Waals surface area contributed by atoms with Gasteiger partial charge in [-0.2, -0.15) is 0 Å². The molecule has 0 aliphatic carbocycles. The summed E-state index contributed by atoms with van der Waals surface area (Å²) in [6, 6.07) is 0. The standard InChI is InChI=1S/C14H26N2/c1-4-7-14(8-10-15-11-9-14)13-16(6-3)12-5-2/h2,15H,4,6-13H2,1,3H3. The quantitative estimate of drug-likeness (QED) is 0.693. The largest absolute Gasteiger partial charge is 0.317 e. The molecule has 2 heteroatoms. The molecule has 0 aromatic carbocycles. The van der Waals surface area contributed by atoms with Gasteiger partial charge in [0, 0.05) is 6.54 Å². The third-order valence-electron chi connectivity index (χ3n) is 3.77. The highest BCUT2D eigenvalue weighted by atomic mass is 15.1. The second kappa shape index (κ2) is 6.93. The molecule has 2 nitrogen and oxygen atoms in total. The molecule has 0 aromatic rings. The van der Waals surface area contributed by atoms with Gasteiger partial charge in [-0.25, -0.2) is 0 Å². The highest BCUT2D eigenvalue weighted by molar-refractivity contribution is 4.92. The predicted molar refractivity (Wildman–Crippen MR) is 70.4 cm³/mol. The number of nitrogens with one attached hydrogen (secondary N) is 1. The number of terminal acetylenes is 1. The summed E-state index contributed by atoms with van der Waals surface area (Å²) in [4.78, 5) is 2.42. The molecule has 0 saturated carbocycles. The Morgan fingerprint density at radius 3 is 2.50 bits per heavy atom. The molecule has 1 heterocycles. The zero-order valence-corrected chi connectivity index (χ0v) is 10.9. The zero-order valence-electron chi connectivity index (χ0n) is 10.9. The average molecular weight is 222 g/mol. The van der Waals surface area contributed by atoms with Gasteiger partial charge in [0.2, 0.25) is 0 Å². The molecule has 0 bridgehead atoms. The minimum absolute atomic E-state index is 0.521. The van der Waals surface area contributed by atoms with E-state index in [1.165, 1.54) is 45.3 Å². The Balaban J connectivity index is 2.58. The van der Waals surface area contributed by atoms with Crippen molar-refractivity contribution in [1.29, 1.82) is 0 Å². The molecule has 0 unspecified atom stereocenters. The van der Waals surface area contributed by atoms with Crippen molar-refractivity contribution in [2.45, 2.75) is 39.5 Å². The van der Waals surface area contributed by atoms with E-state index in [0.717, 1.165) is 13.1 Å². The molecule has 1 aliphatic rings. The van der Waals surface area contributed by atoms with Crippen molar-refractivity contribution in [3.63, 3.8) is 0 Å². The van der Waals surface area contributed by atoms with E-state index in [1.807, 2.05) is 0 Å². The van der Waals surface area contributed by atoms with E-state index >= 15 is 0 Å². The lowest BCUT2D eigenvalue weighted by molar-refractivity contribution is 0.112. The molecule has 0 atom stereocenters. The van der Waals surface area contributed by atoms with Crippen LogP contribution in [0.5, 0.6) is 0 Å². The lowest BCUT2D eigenvalue weighted by Gasteiger charge is -2.41. The lowest BCUT2D eigenvalue weighted by Crippen LogP contribution is -2.44. The normalized spacial score (nSPS) is 19.6. The third-order valence-corrected chi connectivity index (χ3v) is 3.77. The van der Waals surface area contributed by atoms with E-state index in [0.29, 0.717) is 5.41 Å². The minimum atomic E-state index is 0.521. The first-order valence-corrected chi connectivity index (χ1v) is 6.63. The summed E-state index contributed by atoms with van der Waals surface area (Å²) in [5, 5.41) is 3.46. The van der Waals surface area contributed by atoms with Gasteiger partial charge >= 0.3 is 0 Å². The van der Waals surface area contributed by atoms with Crippen molar-refractivity contribution in [3.8, 4) is 12.3 Å². The van der Waals surface area contributed by atoms with Gasteiger partial charge in [-0.05, 0) is 44.3 Å². The van der Waals surface area contributed by atoms with Crippen LogP contribution in [-0.2, 0) is 0 Å². The first kappa shape index (κ1) is 13.5. The topological polar surface area (TPSA) is 15.3 Å². The van der Waals surface area contributed by atoms with Crippen LogP contribution in [0.1, 0.15) is 39.5 Å². The Hall–Kier alpha value is -0.520. The fourth-order valence-electron chi connectivity index (χ4n) is 2.86. The van der Waals surface area contributed by atoms with E-state index in [4.69, 9.17) is 6.42 Å². The SMILES string of the molecule is C#CCN(CC)CC1(CCC)CCNCC1. The summed E-state index contributed by atoms with van der Waals surface area (Å²) in [5.41, 5.74) is 0.521. The fraction of sp³-hybridized carbons (Fsp3) is 0.857. The second-order valence-corrected chi connectivity index (χ2v) is 5.01. The van der Waals surface area contributed by atoms with Crippen LogP contribution in [0.4, 0.5) is 0 Å². The van der Waals surface area contributed by atoms with Crippen LogP contribution in [0, 0.1) is 17.8 Å². The summed E-state index contributed by atoms with van der Waals surface area (Å²) in [5.74, 6) is 2.78. The number of rotatable bonds is 6. The molecule has 0 spiro atoms. The smallest absolute Gasteiger partial charge is 0.0599 e. The molecule has 1 aliphatic heterocycles.